The number of carboxylic acid groups (broad SMARTS) is 1. The van der Waals surface area contributed by atoms with Crippen LogP contribution in [0.25, 0.3) is 0 Å². The molecule has 0 saturated heterocycles. The Balaban J connectivity index is 1.87. The second kappa shape index (κ2) is 6.10. The summed E-state index contributed by atoms with van der Waals surface area (Å²) in [5, 5.41) is 20.1. The number of aryl methyl sites for hydroxylation is 1. The van der Waals surface area contributed by atoms with Gasteiger partial charge in [0.2, 0.25) is 5.16 Å². The summed E-state index contributed by atoms with van der Waals surface area (Å²) < 4.78 is 1.27. The van der Waals surface area contributed by atoms with Crippen LogP contribution in [0, 0.1) is 0 Å². The normalized spacial score (nSPS) is 10.4. The molecule has 0 bridgehead atoms. The minimum atomic E-state index is -0.964. The third kappa shape index (κ3) is 3.52. The van der Waals surface area contributed by atoms with Gasteiger partial charge in [0.25, 0.3) is 0 Å². The number of aliphatic carboxylic acids is 1. The zero-order valence-corrected chi connectivity index (χ0v) is 10.2. The number of carbonyl (C=O) groups is 1. The molecule has 18 heavy (non-hydrogen) atoms. The van der Waals surface area contributed by atoms with Crippen LogP contribution < -0.4 is 0 Å². The Morgan fingerprint density at radius 2 is 2.33 bits per heavy atom. The van der Waals surface area contributed by atoms with Gasteiger partial charge in [-0.1, -0.05) is 17.8 Å². The number of nitrogens with zero attached hydrogens (tertiary/aromatic N) is 5. The highest BCUT2D eigenvalue weighted by Crippen LogP contribution is 2.14. The third-order valence-electron chi connectivity index (χ3n) is 2.10. The van der Waals surface area contributed by atoms with Crippen LogP contribution in [-0.4, -0.2) is 42.0 Å². The Labute approximate surface area is 107 Å². The zero-order chi connectivity index (χ0) is 12.8. The van der Waals surface area contributed by atoms with E-state index in [-0.39, 0.29) is 6.54 Å². The number of pyridine rings is 1. The fourth-order valence-electron chi connectivity index (χ4n) is 1.32. The summed E-state index contributed by atoms with van der Waals surface area (Å²) >= 11 is 1.41. The summed E-state index contributed by atoms with van der Waals surface area (Å²) in [5.74, 6) is -0.217. The van der Waals surface area contributed by atoms with E-state index in [0.29, 0.717) is 5.16 Å². The van der Waals surface area contributed by atoms with Gasteiger partial charge in [0.15, 0.2) is 0 Å². The summed E-state index contributed by atoms with van der Waals surface area (Å²) in [6.07, 6.45) is 2.53. The summed E-state index contributed by atoms with van der Waals surface area (Å²) in [5.41, 5.74) is 0.988. The molecule has 0 aliphatic heterocycles. The van der Waals surface area contributed by atoms with Crippen LogP contribution in [0.4, 0.5) is 0 Å². The fraction of sp³-hybridized carbons (Fsp3) is 0.300. The van der Waals surface area contributed by atoms with E-state index >= 15 is 0 Å². The molecule has 7 nitrogen and oxygen atoms in total. The van der Waals surface area contributed by atoms with E-state index in [9.17, 15) is 4.79 Å². The molecule has 0 saturated carbocycles. The molecule has 0 radical (unpaired) electrons. The first kappa shape index (κ1) is 12.5. The van der Waals surface area contributed by atoms with Gasteiger partial charge >= 0.3 is 5.97 Å². The summed E-state index contributed by atoms with van der Waals surface area (Å²) in [4.78, 5) is 14.8. The Bertz CT molecular complexity index is 516. The fourth-order valence-corrected chi connectivity index (χ4v) is 2.16. The maximum Gasteiger partial charge on any atom is 0.325 e. The van der Waals surface area contributed by atoms with Crippen LogP contribution in [0.2, 0.25) is 0 Å². The average Bonchev–Trinajstić information content (AvgIpc) is 2.77. The van der Waals surface area contributed by atoms with Crippen molar-refractivity contribution in [2.24, 2.45) is 0 Å². The first-order valence-electron chi connectivity index (χ1n) is 5.26. The van der Waals surface area contributed by atoms with E-state index < -0.39 is 5.97 Å². The van der Waals surface area contributed by atoms with Crippen LogP contribution in [0.1, 0.15) is 5.69 Å². The maximum absolute atomic E-state index is 10.6. The van der Waals surface area contributed by atoms with Gasteiger partial charge < -0.3 is 5.11 Å². The molecule has 2 aromatic rings. The largest absolute Gasteiger partial charge is 0.480 e. The van der Waals surface area contributed by atoms with Crippen molar-refractivity contribution in [1.29, 1.82) is 0 Å². The number of tetrazole rings is 1. The van der Waals surface area contributed by atoms with E-state index in [1.165, 1.54) is 16.4 Å². The number of thioether (sulfide) groups is 1. The lowest BCUT2D eigenvalue weighted by Crippen LogP contribution is -2.11. The van der Waals surface area contributed by atoms with Crippen LogP contribution >= 0.6 is 11.8 Å². The predicted molar refractivity (Wildman–Crippen MR) is 64.1 cm³/mol. The van der Waals surface area contributed by atoms with Gasteiger partial charge in [0, 0.05) is 17.6 Å². The predicted octanol–water partition coefficient (Wildman–Crippen LogP) is 0.487. The van der Waals surface area contributed by atoms with Gasteiger partial charge in [0.1, 0.15) is 6.54 Å². The number of aromatic nitrogens is 5. The molecule has 0 spiro atoms. The van der Waals surface area contributed by atoms with Gasteiger partial charge in [-0.2, -0.15) is 0 Å². The summed E-state index contributed by atoms with van der Waals surface area (Å²) in [6.45, 7) is -0.223. The molecule has 0 aromatic carbocycles. The van der Waals surface area contributed by atoms with Crippen molar-refractivity contribution in [2.45, 2.75) is 18.1 Å². The van der Waals surface area contributed by atoms with E-state index in [1.807, 2.05) is 18.2 Å². The molecule has 0 aliphatic rings. The zero-order valence-electron chi connectivity index (χ0n) is 9.43. The topological polar surface area (TPSA) is 93.8 Å². The van der Waals surface area contributed by atoms with Crippen LogP contribution in [0.15, 0.2) is 29.6 Å². The van der Waals surface area contributed by atoms with Gasteiger partial charge in [-0.3, -0.25) is 9.78 Å². The Morgan fingerprint density at radius 1 is 1.44 bits per heavy atom. The van der Waals surface area contributed by atoms with Crippen molar-refractivity contribution in [2.75, 3.05) is 5.75 Å². The molecule has 94 valence electrons. The Kier molecular flexibility index (Phi) is 4.24. The summed E-state index contributed by atoms with van der Waals surface area (Å²) in [7, 11) is 0. The lowest BCUT2D eigenvalue weighted by molar-refractivity contribution is -0.138. The van der Waals surface area contributed by atoms with Crippen LogP contribution in [0.5, 0.6) is 0 Å². The minimum absolute atomic E-state index is 0.223. The highest BCUT2D eigenvalue weighted by molar-refractivity contribution is 7.99. The highest BCUT2D eigenvalue weighted by Gasteiger charge is 2.09. The molecule has 2 aromatic heterocycles. The molecule has 2 rings (SSSR count). The van der Waals surface area contributed by atoms with E-state index in [2.05, 4.69) is 20.5 Å². The molecule has 0 fully saturated rings. The molecule has 1 N–H and O–H groups in total. The first-order valence-corrected chi connectivity index (χ1v) is 6.25. The third-order valence-corrected chi connectivity index (χ3v) is 3.06. The molecular weight excluding hydrogens is 254 g/mol. The van der Waals surface area contributed by atoms with Crippen molar-refractivity contribution >= 4 is 17.7 Å². The quantitative estimate of drug-likeness (QED) is 0.759. The lowest BCUT2D eigenvalue weighted by atomic mass is 10.3. The monoisotopic (exact) mass is 265 g/mol. The van der Waals surface area contributed by atoms with Crippen LogP contribution in [-0.2, 0) is 17.8 Å². The van der Waals surface area contributed by atoms with Gasteiger partial charge in [0.05, 0.1) is 0 Å². The van der Waals surface area contributed by atoms with Crippen molar-refractivity contribution in [3.63, 3.8) is 0 Å². The van der Waals surface area contributed by atoms with E-state index in [4.69, 9.17) is 5.11 Å². The standard InChI is InChI=1S/C10H11N5O2S/c16-9(17)7-15-10(12-13-14-15)18-6-4-8-3-1-2-5-11-8/h1-3,5H,4,6-7H2,(H,16,17). The second-order valence-corrected chi connectivity index (χ2v) is 4.49. The van der Waals surface area contributed by atoms with Crippen LogP contribution in [0.3, 0.4) is 0 Å². The number of hydrogen-bond donors (Lipinski definition) is 1. The Hall–Kier alpha value is -1.96. The molecule has 8 heteroatoms. The number of hydrogen-bond acceptors (Lipinski definition) is 6. The number of rotatable bonds is 6. The maximum atomic E-state index is 10.6. The smallest absolute Gasteiger partial charge is 0.325 e. The first-order chi connectivity index (χ1) is 8.75. The molecule has 0 amide bonds. The van der Waals surface area contributed by atoms with E-state index in [1.54, 1.807) is 6.20 Å². The van der Waals surface area contributed by atoms with Crippen molar-refractivity contribution in [1.82, 2.24) is 25.2 Å². The molecule has 0 aliphatic carbocycles. The molecule has 0 unspecified atom stereocenters. The van der Waals surface area contributed by atoms with Crippen molar-refractivity contribution in [3.8, 4) is 0 Å². The van der Waals surface area contributed by atoms with Crippen molar-refractivity contribution < 1.29 is 9.90 Å². The Morgan fingerprint density at radius 3 is 3.06 bits per heavy atom. The number of carboxylic acids is 1. The molecule has 0 atom stereocenters. The van der Waals surface area contributed by atoms with Crippen molar-refractivity contribution in [3.05, 3.63) is 30.1 Å². The van der Waals surface area contributed by atoms with E-state index in [0.717, 1.165) is 17.9 Å². The van der Waals surface area contributed by atoms with Gasteiger partial charge in [-0.25, -0.2) is 4.68 Å². The van der Waals surface area contributed by atoms with Gasteiger partial charge in [-0.05, 0) is 29.0 Å². The highest BCUT2D eigenvalue weighted by atomic mass is 32.2. The second-order valence-electron chi connectivity index (χ2n) is 3.43. The summed E-state index contributed by atoms with van der Waals surface area (Å²) in [6, 6.07) is 5.74. The minimum Gasteiger partial charge on any atom is -0.480 e. The average molecular weight is 265 g/mol. The molecule has 2 heterocycles. The van der Waals surface area contributed by atoms with Gasteiger partial charge in [-0.15, -0.1) is 5.10 Å². The lowest BCUT2D eigenvalue weighted by Gasteiger charge is -2.01. The SMILES string of the molecule is O=C(O)Cn1nnnc1SCCc1ccccn1. The molecular formula is C10H11N5O2S.